The van der Waals surface area contributed by atoms with Crippen molar-refractivity contribution in [2.75, 3.05) is 32.8 Å². The number of ether oxygens (including phenoxy) is 2. The second-order valence-corrected chi connectivity index (χ2v) is 6.94. The van der Waals surface area contributed by atoms with E-state index < -0.39 is 0 Å². The van der Waals surface area contributed by atoms with Crippen LogP contribution in [0.2, 0.25) is 0 Å². The van der Waals surface area contributed by atoms with Gasteiger partial charge in [0.2, 0.25) is 5.95 Å². The molecule has 0 aliphatic carbocycles. The first kappa shape index (κ1) is 19.3. The Hall–Kier alpha value is -2.51. The van der Waals surface area contributed by atoms with Gasteiger partial charge in [-0.1, -0.05) is 17.7 Å². The van der Waals surface area contributed by atoms with E-state index in [0.717, 1.165) is 16.9 Å². The van der Waals surface area contributed by atoms with Crippen LogP contribution in [0.5, 0.6) is 0 Å². The third-order valence-electron chi connectivity index (χ3n) is 4.60. The van der Waals surface area contributed by atoms with Gasteiger partial charge < -0.3 is 14.8 Å². The third-order valence-corrected chi connectivity index (χ3v) is 4.60. The maximum Gasteiger partial charge on any atom is 0.232 e. The number of nitrogens with one attached hydrogen (secondary N) is 1. The van der Waals surface area contributed by atoms with Gasteiger partial charge >= 0.3 is 0 Å². The van der Waals surface area contributed by atoms with Crippen molar-refractivity contribution in [1.29, 1.82) is 0 Å². The number of benzene rings is 1. The van der Waals surface area contributed by atoms with E-state index in [9.17, 15) is 0 Å². The third kappa shape index (κ3) is 3.94. The normalized spacial score (nSPS) is 11.5. The van der Waals surface area contributed by atoms with Crippen molar-refractivity contribution >= 4 is 17.3 Å². The topological polar surface area (TPSA) is 73.6 Å². The van der Waals surface area contributed by atoms with Crippen molar-refractivity contribution in [3.8, 4) is 0 Å². The Bertz CT molecular complexity index is 922. The molecule has 144 valence electrons. The molecule has 2 heterocycles. The molecule has 0 bridgehead atoms. The molecule has 1 N–H and O–H groups in total. The number of anilines is 2. The minimum absolute atomic E-state index is 0.0579. The first-order valence-corrected chi connectivity index (χ1v) is 8.99. The Labute approximate surface area is 159 Å². The molecule has 0 spiro atoms. The second-order valence-electron chi connectivity index (χ2n) is 6.94. The van der Waals surface area contributed by atoms with Gasteiger partial charge in [-0.05, 0) is 38.8 Å². The summed E-state index contributed by atoms with van der Waals surface area (Å²) < 4.78 is 12.5. The number of hydrogen-bond donors (Lipinski definition) is 1. The molecular formula is C20H27N5O2. The number of aromatic nitrogens is 4. The molecule has 2 aromatic heterocycles. The Kier molecular flexibility index (Phi) is 5.72. The van der Waals surface area contributed by atoms with Crippen LogP contribution < -0.4 is 5.32 Å². The monoisotopic (exact) mass is 369 g/mol. The highest BCUT2D eigenvalue weighted by Crippen LogP contribution is 2.27. The zero-order valence-electron chi connectivity index (χ0n) is 16.8. The highest BCUT2D eigenvalue weighted by molar-refractivity contribution is 5.65. The van der Waals surface area contributed by atoms with Gasteiger partial charge in [0.15, 0.2) is 5.65 Å². The molecule has 0 unspecified atom stereocenters. The van der Waals surface area contributed by atoms with E-state index in [1.807, 2.05) is 13.1 Å². The lowest BCUT2D eigenvalue weighted by Crippen LogP contribution is -2.13. The summed E-state index contributed by atoms with van der Waals surface area (Å²) in [6, 6.07) is 4.31. The highest BCUT2D eigenvalue weighted by Gasteiger charge is 2.20. The Morgan fingerprint density at radius 2 is 1.63 bits per heavy atom. The first-order chi connectivity index (χ1) is 12.9. The molecular weight excluding hydrogens is 342 g/mol. The Morgan fingerprint density at radius 3 is 2.22 bits per heavy atom. The van der Waals surface area contributed by atoms with Crippen molar-refractivity contribution in [2.45, 2.75) is 33.6 Å². The van der Waals surface area contributed by atoms with Crippen LogP contribution in [-0.4, -0.2) is 47.0 Å². The molecule has 0 radical (unpaired) electrons. The summed E-state index contributed by atoms with van der Waals surface area (Å²) >= 11 is 0. The van der Waals surface area contributed by atoms with Crippen molar-refractivity contribution in [2.24, 2.45) is 0 Å². The predicted molar refractivity (Wildman–Crippen MR) is 106 cm³/mol. The molecule has 0 fully saturated rings. The lowest BCUT2D eigenvalue weighted by atomic mass is 10.0. The summed E-state index contributed by atoms with van der Waals surface area (Å²) in [5.41, 5.74) is 6.38. The Morgan fingerprint density at radius 1 is 1.00 bits per heavy atom. The van der Waals surface area contributed by atoms with E-state index in [2.05, 4.69) is 53.3 Å². The SMILES string of the molecule is COCC(COC)c1cnn2c(Nc3c(C)cc(C)cc3C)nc(C)nc12. The number of methoxy groups -OCH3 is 2. The summed E-state index contributed by atoms with van der Waals surface area (Å²) in [6.45, 7) is 9.25. The van der Waals surface area contributed by atoms with Gasteiger partial charge in [-0.3, -0.25) is 0 Å². The number of aryl methyl sites for hydroxylation is 4. The van der Waals surface area contributed by atoms with E-state index in [4.69, 9.17) is 9.47 Å². The van der Waals surface area contributed by atoms with E-state index in [0.29, 0.717) is 25.0 Å². The zero-order valence-corrected chi connectivity index (χ0v) is 16.8. The molecule has 0 saturated carbocycles. The quantitative estimate of drug-likeness (QED) is 0.687. The van der Waals surface area contributed by atoms with Crippen LogP contribution in [0, 0.1) is 27.7 Å². The molecule has 0 aliphatic heterocycles. The van der Waals surface area contributed by atoms with Gasteiger partial charge in [0.1, 0.15) is 5.82 Å². The van der Waals surface area contributed by atoms with Crippen LogP contribution in [0.1, 0.15) is 34.0 Å². The molecule has 27 heavy (non-hydrogen) atoms. The predicted octanol–water partition coefficient (Wildman–Crippen LogP) is 3.48. The second kappa shape index (κ2) is 8.02. The Balaban J connectivity index is 2.08. The van der Waals surface area contributed by atoms with E-state index in [-0.39, 0.29) is 5.92 Å². The fraction of sp³-hybridized carbons (Fsp3) is 0.450. The van der Waals surface area contributed by atoms with Crippen molar-refractivity contribution in [1.82, 2.24) is 19.6 Å². The van der Waals surface area contributed by atoms with Crippen LogP contribution in [0.4, 0.5) is 11.6 Å². The highest BCUT2D eigenvalue weighted by atomic mass is 16.5. The fourth-order valence-electron chi connectivity index (χ4n) is 3.49. The number of nitrogens with zero attached hydrogens (tertiary/aromatic N) is 4. The van der Waals surface area contributed by atoms with Gasteiger partial charge in [-0.25, -0.2) is 4.98 Å². The van der Waals surface area contributed by atoms with Crippen LogP contribution in [0.3, 0.4) is 0 Å². The smallest absolute Gasteiger partial charge is 0.232 e. The van der Waals surface area contributed by atoms with Crippen molar-refractivity contribution < 1.29 is 9.47 Å². The minimum Gasteiger partial charge on any atom is -0.384 e. The number of rotatable bonds is 7. The van der Waals surface area contributed by atoms with E-state index in [1.165, 1.54) is 16.7 Å². The van der Waals surface area contributed by atoms with Crippen LogP contribution >= 0.6 is 0 Å². The molecule has 3 rings (SSSR count). The van der Waals surface area contributed by atoms with Crippen LogP contribution in [-0.2, 0) is 9.47 Å². The zero-order chi connectivity index (χ0) is 19.6. The fourth-order valence-corrected chi connectivity index (χ4v) is 3.49. The molecule has 0 aliphatic rings. The number of fused-ring (bicyclic) bond motifs is 1. The molecule has 0 atom stereocenters. The maximum absolute atomic E-state index is 5.35. The van der Waals surface area contributed by atoms with Crippen molar-refractivity contribution in [3.05, 3.63) is 46.4 Å². The molecule has 0 saturated heterocycles. The van der Waals surface area contributed by atoms with Crippen molar-refractivity contribution in [3.63, 3.8) is 0 Å². The standard InChI is InChI=1S/C20H27N5O2/c1-12-7-13(2)18(14(3)8-12)24-20-23-15(4)22-19-17(9-21-25(19)20)16(10-26-5)11-27-6/h7-9,16H,10-11H2,1-6H3,(H,22,23,24). The van der Waals surface area contributed by atoms with Crippen LogP contribution in [0.25, 0.3) is 5.65 Å². The molecule has 7 heteroatoms. The summed E-state index contributed by atoms with van der Waals surface area (Å²) in [4.78, 5) is 9.20. The first-order valence-electron chi connectivity index (χ1n) is 8.99. The lowest BCUT2D eigenvalue weighted by molar-refractivity contribution is 0.117. The van der Waals surface area contributed by atoms with Gasteiger partial charge in [-0.2, -0.15) is 14.6 Å². The largest absolute Gasteiger partial charge is 0.384 e. The summed E-state index contributed by atoms with van der Waals surface area (Å²) in [6.07, 6.45) is 1.83. The summed E-state index contributed by atoms with van der Waals surface area (Å²) in [7, 11) is 3.37. The summed E-state index contributed by atoms with van der Waals surface area (Å²) in [5.74, 6) is 1.39. The lowest BCUT2D eigenvalue weighted by Gasteiger charge is -2.16. The van der Waals surface area contributed by atoms with Gasteiger partial charge in [0.25, 0.3) is 0 Å². The van der Waals surface area contributed by atoms with Gasteiger partial charge in [0, 0.05) is 31.4 Å². The van der Waals surface area contributed by atoms with E-state index in [1.54, 1.807) is 18.7 Å². The van der Waals surface area contributed by atoms with Crippen LogP contribution in [0.15, 0.2) is 18.3 Å². The molecule has 0 amide bonds. The minimum atomic E-state index is 0.0579. The number of hydrogen-bond acceptors (Lipinski definition) is 6. The average Bonchev–Trinajstić information content (AvgIpc) is 3.01. The maximum atomic E-state index is 5.35. The molecule has 1 aromatic carbocycles. The van der Waals surface area contributed by atoms with Gasteiger partial charge in [-0.15, -0.1) is 0 Å². The van der Waals surface area contributed by atoms with Gasteiger partial charge in [0.05, 0.1) is 19.4 Å². The van der Waals surface area contributed by atoms with E-state index >= 15 is 0 Å². The average molecular weight is 369 g/mol. The molecule has 7 nitrogen and oxygen atoms in total. The molecule has 3 aromatic rings. The summed E-state index contributed by atoms with van der Waals surface area (Å²) in [5, 5.41) is 7.99.